The highest BCUT2D eigenvalue weighted by Gasteiger charge is 2.41. The van der Waals surface area contributed by atoms with E-state index in [2.05, 4.69) is 40.3 Å². The molecule has 1 fully saturated rings. The molecule has 1 heterocycles. The maximum atomic E-state index is 13.9. The molecule has 210 valence electrons. The summed E-state index contributed by atoms with van der Waals surface area (Å²) in [5.41, 5.74) is 0.823. The number of carbonyl (C=O) groups excluding carboxylic acids is 5. The summed E-state index contributed by atoms with van der Waals surface area (Å²) in [6.45, 7) is 7.99. The monoisotopic (exact) mass is 537 g/mol. The molecular weight excluding hydrogens is 498 g/mol. The molecule has 1 saturated heterocycles. The van der Waals surface area contributed by atoms with Gasteiger partial charge >= 0.3 is 6.03 Å². The number of carbonyl (C=O) groups is 5. The minimum absolute atomic E-state index is 0.0787. The van der Waals surface area contributed by atoms with Gasteiger partial charge in [0.15, 0.2) is 0 Å². The zero-order valence-corrected chi connectivity index (χ0v) is 22.5. The van der Waals surface area contributed by atoms with Crippen LogP contribution in [-0.2, 0) is 19.2 Å². The number of hydrogen-bond donors (Lipinski definition) is 4. The van der Waals surface area contributed by atoms with Gasteiger partial charge in [0.2, 0.25) is 17.6 Å². The Bertz CT molecular complexity index is 1060. The summed E-state index contributed by atoms with van der Waals surface area (Å²) in [6, 6.07) is -3.38. The maximum absolute atomic E-state index is 13.9. The fourth-order valence-corrected chi connectivity index (χ4v) is 4.72. The molecule has 0 saturated carbocycles. The normalized spacial score (nSPS) is 21.9. The lowest BCUT2D eigenvalue weighted by Crippen LogP contribution is -2.58. The van der Waals surface area contributed by atoms with Crippen LogP contribution in [0.4, 0.5) is 4.79 Å². The summed E-state index contributed by atoms with van der Waals surface area (Å²) in [6.07, 6.45) is 17.5. The molecule has 39 heavy (non-hydrogen) atoms. The van der Waals surface area contributed by atoms with Crippen molar-refractivity contribution in [3.8, 4) is 12.3 Å². The van der Waals surface area contributed by atoms with E-state index in [0.717, 1.165) is 5.57 Å². The Hall–Kier alpha value is -4.13. The predicted octanol–water partition coefficient (Wildman–Crippen LogP) is 1.51. The number of amides is 5. The Morgan fingerprint density at radius 1 is 1.21 bits per heavy atom. The van der Waals surface area contributed by atoms with Crippen molar-refractivity contribution in [2.75, 3.05) is 20.1 Å². The molecule has 10 heteroatoms. The van der Waals surface area contributed by atoms with Crippen molar-refractivity contribution in [2.45, 2.75) is 63.1 Å². The highest BCUT2D eigenvalue weighted by molar-refractivity contribution is 6.38. The van der Waals surface area contributed by atoms with Crippen LogP contribution in [0, 0.1) is 18.3 Å². The number of likely N-dealkylation sites (tertiary alicyclic amines) is 1. The van der Waals surface area contributed by atoms with Crippen LogP contribution in [0.3, 0.4) is 0 Å². The number of rotatable bonds is 11. The van der Waals surface area contributed by atoms with E-state index in [4.69, 9.17) is 6.42 Å². The smallest absolute Gasteiger partial charge is 0.315 e. The van der Waals surface area contributed by atoms with Gasteiger partial charge in [-0.05, 0) is 44.4 Å². The van der Waals surface area contributed by atoms with Crippen molar-refractivity contribution in [2.24, 2.45) is 5.92 Å². The molecule has 0 spiro atoms. The van der Waals surface area contributed by atoms with Crippen LogP contribution in [0.25, 0.3) is 0 Å². The molecule has 0 aromatic carbocycles. The Morgan fingerprint density at radius 3 is 2.67 bits per heavy atom. The number of nitrogens with zero attached hydrogens (tertiary/aromatic N) is 1. The van der Waals surface area contributed by atoms with Crippen molar-refractivity contribution in [3.63, 3.8) is 0 Å². The lowest BCUT2D eigenvalue weighted by atomic mass is 9.87. The fraction of sp³-hybridized carbons (Fsp3) is 0.483. The van der Waals surface area contributed by atoms with E-state index < -0.39 is 41.8 Å². The Morgan fingerprint density at radius 2 is 1.97 bits per heavy atom. The molecule has 5 amide bonds. The van der Waals surface area contributed by atoms with Gasteiger partial charge < -0.3 is 26.2 Å². The van der Waals surface area contributed by atoms with E-state index >= 15 is 0 Å². The molecule has 0 radical (unpaired) electrons. The Balaban J connectivity index is 2.25. The predicted molar refractivity (Wildman–Crippen MR) is 149 cm³/mol. The summed E-state index contributed by atoms with van der Waals surface area (Å²) in [7, 11) is 1.47. The quantitative estimate of drug-likeness (QED) is 0.180. The Kier molecular flexibility index (Phi) is 12.7. The minimum Gasteiger partial charge on any atom is -0.346 e. The highest BCUT2D eigenvalue weighted by Crippen LogP contribution is 2.27. The van der Waals surface area contributed by atoms with Gasteiger partial charge in [-0.2, -0.15) is 0 Å². The number of Topliss-reactive ketones (excluding diaryl/α,β-unsaturated/α-hetero) is 1. The molecule has 4 N–H and O–H groups in total. The minimum atomic E-state index is -1.13. The van der Waals surface area contributed by atoms with Gasteiger partial charge in [-0.15, -0.1) is 18.9 Å². The SMILES string of the molecule is C#CCCC(NC(=O)C1CCCN1C(=O)C(NC(=O)NC)C1CC/C=C\C=C/C(=C)C1)C(=O)C(=O)NCC=C. The van der Waals surface area contributed by atoms with Crippen LogP contribution in [0.5, 0.6) is 0 Å². The van der Waals surface area contributed by atoms with Crippen LogP contribution < -0.4 is 21.3 Å². The molecule has 2 aliphatic rings. The van der Waals surface area contributed by atoms with E-state index in [-0.39, 0.29) is 31.2 Å². The van der Waals surface area contributed by atoms with Crippen molar-refractivity contribution >= 4 is 29.5 Å². The average Bonchev–Trinajstić information content (AvgIpc) is 3.45. The summed E-state index contributed by atoms with van der Waals surface area (Å²) in [4.78, 5) is 66.0. The molecule has 0 aromatic heterocycles. The van der Waals surface area contributed by atoms with E-state index in [1.807, 2.05) is 24.3 Å². The number of terminal acetylenes is 1. The third-order valence-corrected chi connectivity index (χ3v) is 6.74. The number of allylic oxidation sites excluding steroid dienone is 5. The zero-order chi connectivity index (χ0) is 28.8. The molecule has 1 aliphatic carbocycles. The summed E-state index contributed by atoms with van der Waals surface area (Å²) >= 11 is 0. The van der Waals surface area contributed by atoms with Gasteiger partial charge in [-0.1, -0.05) is 42.5 Å². The third kappa shape index (κ3) is 9.28. The van der Waals surface area contributed by atoms with Crippen molar-refractivity contribution in [1.29, 1.82) is 0 Å². The van der Waals surface area contributed by atoms with E-state index in [9.17, 15) is 24.0 Å². The first-order valence-corrected chi connectivity index (χ1v) is 13.2. The van der Waals surface area contributed by atoms with Crippen LogP contribution >= 0.6 is 0 Å². The Labute approximate surface area is 230 Å². The number of hydrogen-bond acceptors (Lipinski definition) is 5. The van der Waals surface area contributed by atoms with Crippen molar-refractivity contribution in [1.82, 2.24) is 26.2 Å². The third-order valence-electron chi connectivity index (χ3n) is 6.74. The molecule has 4 atom stereocenters. The van der Waals surface area contributed by atoms with Gasteiger partial charge in [0.1, 0.15) is 12.1 Å². The second-order valence-corrected chi connectivity index (χ2v) is 9.54. The molecule has 2 rings (SSSR count). The number of urea groups is 1. The summed E-state index contributed by atoms with van der Waals surface area (Å²) < 4.78 is 0. The summed E-state index contributed by atoms with van der Waals surface area (Å²) in [5.74, 6) is -0.428. The van der Waals surface area contributed by atoms with Gasteiger partial charge in [0.25, 0.3) is 5.91 Å². The van der Waals surface area contributed by atoms with Crippen LogP contribution in [0.15, 0.2) is 49.1 Å². The molecular formula is C29H39N5O5. The molecule has 0 aromatic rings. The molecule has 1 aliphatic heterocycles. The van der Waals surface area contributed by atoms with Gasteiger partial charge in [-0.3, -0.25) is 19.2 Å². The van der Waals surface area contributed by atoms with Gasteiger partial charge in [0.05, 0.1) is 6.04 Å². The first kappa shape index (κ1) is 31.1. The van der Waals surface area contributed by atoms with Gasteiger partial charge in [0, 0.05) is 26.6 Å². The second-order valence-electron chi connectivity index (χ2n) is 9.54. The lowest BCUT2D eigenvalue weighted by Gasteiger charge is -2.33. The topological polar surface area (TPSA) is 137 Å². The average molecular weight is 538 g/mol. The first-order chi connectivity index (χ1) is 18.7. The van der Waals surface area contributed by atoms with Crippen molar-refractivity contribution < 1.29 is 24.0 Å². The standard InChI is InChI=1S/C29H39N5O5/c1-5-7-15-22(25(35)27(37)31-17-6-2)32-26(36)23-16-12-18-34(23)28(38)24(33-29(39)30-4)21-14-11-9-8-10-13-20(3)19-21/h1,6,8-10,13,21-24H,2-3,7,11-12,14-19H2,4H3,(H,31,37)(H,32,36)(H2,30,33,39)/b9-8-,13-10-. The van der Waals surface area contributed by atoms with Crippen LogP contribution in [0.2, 0.25) is 0 Å². The highest BCUT2D eigenvalue weighted by atomic mass is 16.2. The van der Waals surface area contributed by atoms with Gasteiger partial charge in [-0.25, -0.2) is 4.79 Å². The number of ketones is 1. The molecule has 4 unspecified atom stereocenters. The van der Waals surface area contributed by atoms with Crippen molar-refractivity contribution in [3.05, 3.63) is 49.1 Å². The van der Waals surface area contributed by atoms with Crippen LogP contribution in [0.1, 0.15) is 44.9 Å². The lowest BCUT2D eigenvalue weighted by molar-refractivity contribution is -0.143. The molecule has 10 nitrogen and oxygen atoms in total. The molecule has 0 bridgehead atoms. The second kappa shape index (κ2) is 16.0. The largest absolute Gasteiger partial charge is 0.346 e. The van der Waals surface area contributed by atoms with Crippen LogP contribution in [-0.4, -0.2) is 72.7 Å². The fourth-order valence-electron chi connectivity index (χ4n) is 4.72. The number of nitrogens with one attached hydrogen (secondary N) is 4. The summed E-state index contributed by atoms with van der Waals surface area (Å²) in [5, 5.41) is 10.3. The zero-order valence-electron chi connectivity index (χ0n) is 22.5. The van der Waals surface area contributed by atoms with E-state index in [1.54, 1.807) is 0 Å². The first-order valence-electron chi connectivity index (χ1n) is 13.2. The van der Waals surface area contributed by atoms with E-state index in [0.29, 0.717) is 38.6 Å². The maximum Gasteiger partial charge on any atom is 0.315 e. The van der Waals surface area contributed by atoms with E-state index in [1.165, 1.54) is 18.0 Å².